The van der Waals surface area contributed by atoms with Crippen molar-refractivity contribution < 1.29 is 22.5 Å². The van der Waals surface area contributed by atoms with Crippen molar-refractivity contribution >= 4 is 15.9 Å². The highest BCUT2D eigenvalue weighted by Crippen LogP contribution is 2.21. The third-order valence-electron chi connectivity index (χ3n) is 3.24. The van der Waals surface area contributed by atoms with Gasteiger partial charge < -0.3 is 9.26 Å². The molecular formula is C12H18N2O5S. The van der Waals surface area contributed by atoms with Gasteiger partial charge in [0.1, 0.15) is 12.3 Å². The van der Waals surface area contributed by atoms with Crippen LogP contribution in [0.1, 0.15) is 37.1 Å². The van der Waals surface area contributed by atoms with E-state index in [1.54, 1.807) is 0 Å². The molecule has 0 unspecified atom stereocenters. The molecule has 1 fully saturated rings. The summed E-state index contributed by atoms with van der Waals surface area (Å²) in [6, 6.07) is 0. The summed E-state index contributed by atoms with van der Waals surface area (Å²) in [4.78, 5) is 11.6. The Labute approximate surface area is 117 Å². The predicted molar refractivity (Wildman–Crippen MR) is 69.5 cm³/mol. The number of carbonyl (C=O) groups is 1. The Morgan fingerprint density at radius 3 is 2.60 bits per heavy atom. The van der Waals surface area contributed by atoms with E-state index in [4.69, 9.17) is 9.26 Å². The average molecular weight is 302 g/mol. The number of rotatable bonds is 5. The minimum atomic E-state index is -3.96. The van der Waals surface area contributed by atoms with Gasteiger partial charge in [0.25, 0.3) is 15.9 Å². The minimum absolute atomic E-state index is 0.0579. The lowest BCUT2D eigenvalue weighted by atomic mass is 10.3. The predicted octanol–water partition coefficient (Wildman–Crippen LogP) is 1.06. The number of carbonyl (C=O) groups excluding carboxylic acids is 1. The molecule has 0 saturated heterocycles. The Bertz CT molecular complexity index is 567. The van der Waals surface area contributed by atoms with Gasteiger partial charge in [-0.05, 0) is 26.7 Å². The molecule has 0 aliphatic heterocycles. The van der Waals surface area contributed by atoms with Crippen molar-refractivity contribution in [3.8, 4) is 0 Å². The number of nitrogens with zero attached hydrogens (tertiary/aromatic N) is 1. The maximum Gasteiger partial charge on any atom is 0.269 e. The summed E-state index contributed by atoms with van der Waals surface area (Å²) in [7, 11) is -3.96. The van der Waals surface area contributed by atoms with Crippen LogP contribution in [0.4, 0.5) is 0 Å². The number of hydrogen-bond acceptors (Lipinski definition) is 6. The van der Waals surface area contributed by atoms with Gasteiger partial charge in [0.05, 0.1) is 6.10 Å². The summed E-state index contributed by atoms with van der Waals surface area (Å²) in [5, 5.41) is 3.56. The number of aromatic nitrogens is 1. The molecule has 112 valence electrons. The maximum atomic E-state index is 12.1. The van der Waals surface area contributed by atoms with E-state index in [-0.39, 0.29) is 29.1 Å². The van der Waals surface area contributed by atoms with Crippen LogP contribution in [-0.4, -0.2) is 32.2 Å². The first kappa shape index (κ1) is 15.0. The van der Waals surface area contributed by atoms with Crippen LogP contribution in [0.3, 0.4) is 0 Å². The third kappa shape index (κ3) is 3.37. The number of hydrogen-bond donors (Lipinski definition) is 1. The van der Waals surface area contributed by atoms with Crippen LogP contribution in [0.25, 0.3) is 0 Å². The first-order valence-corrected chi connectivity index (χ1v) is 7.98. The van der Waals surface area contributed by atoms with E-state index in [9.17, 15) is 13.2 Å². The van der Waals surface area contributed by atoms with Gasteiger partial charge >= 0.3 is 0 Å². The molecule has 0 spiro atoms. The Balaban J connectivity index is 1.96. The standard InChI is InChI=1S/C12H18N2O5S/c1-8-12(9(2)19-13-8)20(16,17)14-11(15)7-18-10-5-3-4-6-10/h10H,3-7H2,1-2H3,(H,14,15). The summed E-state index contributed by atoms with van der Waals surface area (Å²) < 4.78 is 36.2. The molecule has 0 radical (unpaired) electrons. The SMILES string of the molecule is Cc1noc(C)c1S(=O)(=O)NC(=O)COC1CCCC1. The van der Waals surface area contributed by atoms with Gasteiger partial charge in [-0.25, -0.2) is 13.1 Å². The Morgan fingerprint density at radius 1 is 1.40 bits per heavy atom. The Kier molecular flexibility index (Phi) is 4.44. The fourth-order valence-electron chi connectivity index (χ4n) is 2.34. The van der Waals surface area contributed by atoms with E-state index in [0.717, 1.165) is 25.7 Å². The van der Waals surface area contributed by atoms with E-state index in [1.807, 2.05) is 4.72 Å². The van der Waals surface area contributed by atoms with E-state index in [1.165, 1.54) is 13.8 Å². The van der Waals surface area contributed by atoms with Gasteiger partial charge in [-0.15, -0.1) is 0 Å². The number of ether oxygens (including phenoxy) is 1. The van der Waals surface area contributed by atoms with Crippen LogP contribution in [-0.2, 0) is 19.6 Å². The normalized spacial score (nSPS) is 16.5. The van der Waals surface area contributed by atoms with Gasteiger partial charge in [-0.2, -0.15) is 0 Å². The fourth-order valence-corrected chi connectivity index (χ4v) is 3.64. The molecule has 8 heteroatoms. The molecule has 0 atom stereocenters. The molecule has 1 aliphatic rings. The molecule has 7 nitrogen and oxygen atoms in total. The molecule has 0 bridgehead atoms. The monoisotopic (exact) mass is 302 g/mol. The van der Waals surface area contributed by atoms with Crippen LogP contribution in [0.5, 0.6) is 0 Å². The van der Waals surface area contributed by atoms with Gasteiger partial charge in [-0.3, -0.25) is 4.79 Å². The Hall–Kier alpha value is -1.41. The van der Waals surface area contributed by atoms with Crippen molar-refractivity contribution in [3.05, 3.63) is 11.5 Å². The number of nitrogens with one attached hydrogen (secondary N) is 1. The fraction of sp³-hybridized carbons (Fsp3) is 0.667. The average Bonchev–Trinajstić information content (AvgIpc) is 2.96. The number of amides is 1. The second kappa shape index (κ2) is 5.92. The smallest absolute Gasteiger partial charge is 0.269 e. The molecular weight excluding hydrogens is 284 g/mol. The highest BCUT2D eigenvalue weighted by atomic mass is 32.2. The zero-order chi connectivity index (χ0) is 14.8. The van der Waals surface area contributed by atoms with Crippen molar-refractivity contribution in [1.82, 2.24) is 9.88 Å². The zero-order valence-corrected chi connectivity index (χ0v) is 12.3. The molecule has 20 heavy (non-hydrogen) atoms. The summed E-state index contributed by atoms with van der Waals surface area (Å²) in [5.41, 5.74) is 0.222. The van der Waals surface area contributed by atoms with Gasteiger partial charge in [-0.1, -0.05) is 18.0 Å². The van der Waals surface area contributed by atoms with Gasteiger partial charge in [0.15, 0.2) is 10.7 Å². The van der Waals surface area contributed by atoms with E-state index in [0.29, 0.717) is 0 Å². The quantitative estimate of drug-likeness (QED) is 0.873. The molecule has 0 aromatic carbocycles. The lowest BCUT2D eigenvalue weighted by molar-refractivity contribution is -0.125. The number of aryl methyl sites for hydroxylation is 2. The molecule has 1 aliphatic carbocycles. The van der Waals surface area contributed by atoms with Gasteiger partial charge in [0, 0.05) is 0 Å². The lowest BCUT2D eigenvalue weighted by Gasteiger charge is -2.11. The summed E-state index contributed by atoms with van der Waals surface area (Å²) in [6.45, 7) is 2.73. The van der Waals surface area contributed by atoms with Crippen molar-refractivity contribution in [2.45, 2.75) is 50.5 Å². The second-order valence-corrected chi connectivity index (χ2v) is 6.52. The third-order valence-corrected chi connectivity index (χ3v) is 4.85. The number of sulfonamides is 1. The van der Waals surface area contributed by atoms with Crippen LogP contribution in [0.15, 0.2) is 9.42 Å². The first-order valence-electron chi connectivity index (χ1n) is 6.50. The van der Waals surface area contributed by atoms with Crippen molar-refractivity contribution in [1.29, 1.82) is 0 Å². The second-order valence-electron chi connectivity index (χ2n) is 4.90. The van der Waals surface area contributed by atoms with E-state index < -0.39 is 15.9 Å². The summed E-state index contributed by atoms with van der Waals surface area (Å²) >= 11 is 0. The molecule has 1 aromatic heterocycles. The maximum absolute atomic E-state index is 12.1. The van der Waals surface area contributed by atoms with Crippen molar-refractivity contribution in [2.24, 2.45) is 0 Å². The Morgan fingerprint density at radius 2 is 2.05 bits per heavy atom. The summed E-state index contributed by atoms with van der Waals surface area (Å²) in [5.74, 6) is -0.531. The molecule has 1 saturated carbocycles. The van der Waals surface area contributed by atoms with E-state index >= 15 is 0 Å². The lowest BCUT2D eigenvalue weighted by Crippen LogP contribution is -2.34. The molecule has 1 N–H and O–H groups in total. The topological polar surface area (TPSA) is 98.5 Å². The largest absolute Gasteiger partial charge is 0.368 e. The highest BCUT2D eigenvalue weighted by Gasteiger charge is 2.26. The highest BCUT2D eigenvalue weighted by molar-refractivity contribution is 7.90. The van der Waals surface area contributed by atoms with Crippen LogP contribution < -0.4 is 4.72 Å². The van der Waals surface area contributed by atoms with Crippen molar-refractivity contribution in [2.75, 3.05) is 6.61 Å². The molecule has 1 amide bonds. The molecule has 1 aromatic rings. The minimum Gasteiger partial charge on any atom is -0.368 e. The van der Waals surface area contributed by atoms with E-state index in [2.05, 4.69) is 5.16 Å². The molecule has 1 heterocycles. The van der Waals surface area contributed by atoms with Crippen molar-refractivity contribution in [3.63, 3.8) is 0 Å². The first-order chi connectivity index (χ1) is 9.40. The zero-order valence-electron chi connectivity index (χ0n) is 11.5. The molecule has 2 rings (SSSR count). The van der Waals surface area contributed by atoms with Gasteiger partial charge in [0.2, 0.25) is 0 Å². The van der Waals surface area contributed by atoms with Crippen LogP contribution in [0.2, 0.25) is 0 Å². The summed E-state index contributed by atoms with van der Waals surface area (Å²) in [6.07, 6.45) is 4.07. The van der Waals surface area contributed by atoms with Crippen LogP contribution in [0, 0.1) is 13.8 Å². The van der Waals surface area contributed by atoms with Crippen LogP contribution >= 0.6 is 0 Å².